The molecule has 7 nitrogen and oxygen atoms in total. The number of rotatable bonds is 8. The largest absolute Gasteiger partial charge is 0.453 e. The standard InChI is InChI=1S/C32H28N4O3/c1-22-11-9-18-28(23(22)2)39-29-21-34-36(27-16-7-4-8-17-27)32(38)30(29)35-26-15-10-14-25(19-26)31(37)33-20-24-12-5-3-6-13-24/h3-19,21,35H,20H2,1-2H3,(H,33,37). The molecule has 194 valence electrons. The number of hydrogen-bond acceptors (Lipinski definition) is 5. The Balaban J connectivity index is 1.48. The second kappa shape index (κ2) is 11.5. The van der Waals surface area contributed by atoms with E-state index in [2.05, 4.69) is 15.7 Å². The fourth-order valence-electron chi connectivity index (χ4n) is 4.10. The molecule has 2 N–H and O–H groups in total. The number of benzene rings is 4. The van der Waals surface area contributed by atoms with Crippen molar-refractivity contribution in [3.63, 3.8) is 0 Å². The lowest BCUT2D eigenvalue weighted by atomic mass is 10.1. The van der Waals surface area contributed by atoms with Crippen LogP contribution in [0.2, 0.25) is 0 Å². The van der Waals surface area contributed by atoms with E-state index >= 15 is 0 Å². The molecule has 0 unspecified atom stereocenters. The summed E-state index contributed by atoms with van der Waals surface area (Å²) in [5, 5.41) is 10.5. The van der Waals surface area contributed by atoms with Crippen molar-refractivity contribution < 1.29 is 9.53 Å². The van der Waals surface area contributed by atoms with Crippen LogP contribution in [0.5, 0.6) is 11.5 Å². The number of amides is 1. The van der Waals surface area contributed by atoms with Gasteiger partial charge in [-0.2, -0.15) is 9.78 Å². The summed E-state index contributed by atoms with van der Waals surface area (Å²) in [6.07, 6.45) is 1.52. The summed E-state index contributed by atoms with van der Waals surface area (Å²) < 4.78 is 7.53. The van der Waals surface area contributed by atoms with Crippen LogP contribution < -0.4 is 20.9 Å². The molecule has 1 amide bonds. The third kappa shape index (κ3) is 5.88. The van der Waals surface area contributed by atoms with Gasteiger partial charge in [-0.15, -0.1) is 0 Å². The van der Waals surface area contributed by atoms with E-state index in [0.717, 1.165) is 16.7 Å². The van der Waals surface area contributed by atoms with Crippen LogP contribution in [-0.4, -0.2) is 15.7 Å². The molecular formula is C32H28N4O3. The van der Waals surface area contributed by atoms with Crippen LogP contribution in [0, 0.1) is 13.8 Å². The lowest BCUT2D eigenvalue weighted by Gasteiger charge is -2.16. The maximum Gasteiger partial charge on any atom is 0.299 e. The smallest absolute Gasteiger partial charge is 0.299 e. The number of carbonyl (C=O) groups excluding carboxylic acids is 1. The van der Waals surface area contributed by atoms with Crippen molar-refractivity contribution in [1.29, 1.82) is 0 Å². The highest BCUT2D eigenvalue weighted by atomic mass is 16.5. The first-order valence-corrected chi connectivity index (χ1v) is 12.6. The van der Waals surface area contributed by atoms with Gasteiger partial charge in [0.1, 0.15) is 5.75 Å². The van der Waals surface area contributed by atoms with E-state index in [1.54, 1.807) is 36.4 Å². The van der Waals surface area contributed by atoms with E-state index in [1.807, 2.05) is 80.6 Å². The summed E-state index contributed by atoms with van der Waals surface area (Å²) in [4.78, 5) is 26.6. The Labute approximate surface area is 226 Å². The van der Waals surface area contributed by atoms with Gasteiger partial charge in [-0.25, -0.2) is 0 Å². The normalized spacial score (nSPS) is 10.6. The van der Waals surface area contributed by atoms with Gasteiger partial charge in [0.05, 0.1) is 11.9 Å². The van der Waals surface area contributed by atoms with Crippen LogP contribution in [-0.2, 0) is 6.54 Å². The highest BCUT2D eigenvalue weighted by molar-refractivity contribution is 5.95. The van der Waals surface area contributed by atoms with Gasteiger partial charge in [0, 0.05) is 17.8 Å². The predicted octanol–water partition coefficient (Wildman–Crippen LogP) is 6.32. The van der Waals surface area contributed by atoms with Gasteiger partial charge < -0.3 is 15.4 Å². The van der Waals surface area contributed by atoms with Crippen LogP contribution in [0.3, 0.4) is 0 Å². The van der Waals surface area contributed by atoms with E-state index < -0.39 is 0 Å². The zero-order chi connectivity index (χ0) is 27.2. The lowest BCUT2D eigenvalue weighted by Crippen LogP contribution is -2.24. The maximum atomic E-state index is 13.7. The molecule has 0 aliphatic carbocycles. The van der Waals surface area contributed by atoms with E-state index in [-0.39, 0.29) is 22.9 Å². The quantitative estimate of drug-likeness (QED) is 0.252. The second-order valence-electron chi connectivity index (χ2n) is 9.11. The number of ether oxygens (including phenoxy) is 1. The number of para-hydroxylation sites is 1. The average Bonchev–Trinajstić information content (AvgIpc) is 2.97. The van der Waals surface area contributed by atoms with Gasteiger partial charge in [0.2, 0.25) is 0 Å². The first-order valence-electron chi connectivity index (χ1n) is 12.6. The molecule has 1 heterocycles. The molecule has 5 rings (SSSR count). The zero-order valence-corrected chi connectivity index (χ0v) is 21.7. The number of nitrogens with one attached hydrogen (secondary N) is 2. The van der Waals surface area contributed by atoms with Crippen LogP contribution in [0.4, 0.5) is 11.4 Å². The summed E-state index contributed by atoms with van der Waals surface area (Å²) in [7, 11) is 0. The number of carbonyl (C=O) groups is 1. The fourth-order valence-corrected chi connectivity index (χ4v) is 4.10. The van der Waals surface area contributed by atoms with Crippen LogP contribution >= 0.6 is 0 Å². The third-order valence-electron chi connectivity index (χ3n) is 6.41. The van der Waals surface area contributed by atoms with Gasteiger partial charge >= 0.3 is 0 Å². The molecule has 0 atom stereocenters. The van der Waals surface area contributed by atoms with Gasteiger partial charge in [0.15, 0.2) is 11.4 Å². The van der Waals surface area contributed by atoms with Gasteiger partial charge in [-0.3, -0.25) is 9.59 Å². The molecule has 5 aromatic rings. The van der Waals surface area contributed by atoms with Crippen molar-refractivity contribution in [2.45, 2.75) is 20.4 Å². The first kappa shape index (κ1) is 25.5. The number of nitrogens with zero attached hydrogens (tertiary/aromatic N) is 2. The highest BCUT2D eigenvalue weighted by Gasteiger charge is 2.17. The first-order chi connectivity index (χ1) is 19.0. The molecular weight excluding hydrogens is 488 g/mol. The number of aromatic nitrogens is 2. The highest BCUT2D eigenvalue weighted by Crippen LogP contribution is 2.31. The maximum absolute atomic E-state index is 13.7. The summed E-state index contributed by atoms with van der Waals surface area (Å²) >= 11 is 0. The zero-order valence-electron chi connectivity index (χ0n) is 21.7. The summed E-state index contributed by atoms with van der Waals surface area (Å²) in [6.45, 7) is 4.38. The average molecular weight is 517 g/mol. The third-order valence-corrected chi connectivity index (χ3v) is 6.41. The Morgan fingerprint density at radius 2 is 1.56 bits per heavy atom. The van der Waals surface area contributed by atoms with Crippen LogP contribution in [0.1, 0.15) is 27.0 Å². The SMILES string of the molecule is Cc1cccc(Oc2cnn(-c3ccccc3)c(=O)c2Nc2cccc(C(=O)NCc3ccccc3)c2)c1C. The summed E-state index contributed by atoms with van der Waals surface area (Å²) in [5.74, 6) is 0.691. The molecule has 0 radical (unpaired) electrons. The topological polar surface area (TPSA) is 85.2 Å². The van der Waals surface area contributed by atoms with Crippen molar-refractivity contribution >= 4 is 17.3 Å². The Kier molecular flexibility index (Phi) is 7.50. The summed E-state index contributed by atoms with van der Waals surface area (Å²) in [5.41, 5.74) is 4.51. The van der Waals surface area contributed by atoms with Crippen molar-refractivity contribution in [3.05, 3.63) is 142 Å². The molecule has 7 heteroatoms. The Morgan fingerprint density at radius 1 is 0.846 bits per heavy atom. The Hall–Kier alpha value is -5.17. The molecule has 0 saturated heterocycles. The van der Waals surface area contributed by atoms with Gasteiger partial charge in [-0.05, 0) is 66.9 Å². The molecule has 0 aliphatic heterocycles. The molecule has 39 heavy (non-hydrogen) atoms. The van der Waals surface area contributed by atoms with E-state index in [1.165, 1.54) is 10.9 Å². The minimum atomic E-state index is -0.386. The number of hydrogen-bond donors (Lipinski definition) is 2. The van der Waals surface area contributed by atoms with Crippen molar-refractivity contribution in [3.8, 4) is 17.2 Å². The Bertz CT molecular complexity index is 1660. The monoisotopic (exact) mass is 516 g/mol. The van der Waals surface area contributed by atoms with Gasteiger partial charge in [-0.1, -0.05) is 66.7 Å². The second-order valence-corrected chi connectivity index (χ2v) is 9.11. The minimum absolute atomic E-state index is 0.205. The number of aryl methyl sites for hydroxylation is 1. The number of anilines is 2. The molecule has 0 saturated carbocycles. The van der Waals surface area contributed by atoms with Gasteiger partial charge in [0.25, 0.3) is 11.5 Å². The predicted molar refractivity (Wildman–Crippen MR) is 153 cm³/mol. The minimum Gasteiger partial charge on any atom is -0.453 e. The molecule has 1 aromatic heterocycles. The molecule has 0 aliphatic rings. The van der Waals surface area contributed by atoms with E-state index in [4.69, 9.17) is 4.74 Å². The van der Waals surface area contributed by atoms with E-state index in [9.17, 15) is 9.59 Å². The molecule has 0 bridgehead atoms. The van der Waals surface area contributed by atoms with E-state index in [0.29, 0.717) is 29.2 Å². The fraction of sp³-hybridized carbons (Fsp3) is 0.0938. The van der Waals surface area contributed by atoms with Crippen LogP contribution in [0.15, 0.2) is 114 Å². The summed E-state index contributed by atoms with van der Waals surface area (Å²) in [6, 6.07) is 31.6. The molecule has 0 spiro atoms. The van der Waals surface area contributed by atoms with Crippen LogP contribution in [0.25, 0.3) is 5.69 Å². The lowest BCUT2D eigenvalue weighted by molar-refractivity contribution is 0.0951. The molecule has 4 aromatic carbocycles. The molecule has 0 fully saturated rings. The van der Waals surface area contributed by atoms with Crippen molar-refractivity contribution in [1.82, 2.24) is 15.1 Å². The van der Waals surface area contributed by atoms with Crippen molar-refractivity contribution in [2.24, 2.45) is 0 Å². The Morgan fingerprint density at radius 3 is 2.33 bits per heavy atom. The van der Waals surface area contributed by atoms with Crippen molar-refractivity contribution in [2.75, 3.05) is 5.32 Å².